The summed E-state index contributed by atoms with van der Waals surface area (Å²) in [4.78, 5) is 16.6. The molecule has 5 nitrogen and oxygen atoms in total. The molecule has 1 N–H and O–H groups in total. The number of carbonyl (C=O) groups is 1. The summed E-state index contributed by atoms with van der Waals surface area (Å²) in [6, 6.07) is 19.1. The quantitative estimate of drug-likeness (QED) is 0.733. The van der Waals surface area contributed by atoms with Crippen LogP contribution in [0.15, 0.2) is 66.9 Å². The predicted octanol–water partition coefficient (Wildman–Crippen LogP) is 3.95. The molecule has 0 saturated carbocycles. The zero-order valence-electron chi connectivity index (χ0n) is 14.7. The number of benzene rings is 2. The zero-order valence-corrected chi connectivity index (χ0v) is 14.7. The average molecular weight is 348 g/mol. The molecule has 1 amide bonds. The van der Waals surface area contributed by atoms with Crippen molar-refractivity contribution in [1.82, 2.24) is 4.98 Å². The summed E-state index contributed by atoms with van der Waals surface area (Å²) in [5.74, 6) is 1.66. The van der Waals surface area contributed by atoms with Crippen molar-refractivity contribution in [3.05, 3.63) is 72.4 Å². The third-order valence-corrected chi connectivity index (χ3v) is 3.98. The van der Waals surface area contributed by atoms with Gasteiger partial charge in [-0.3, -0.25) is 4.79 Å². The molecule has 0 bridgehead atoms. The van der Waals surface area contributed by atoms with Gasteiger partial charge in [0.1, 0.15) is 17.3 Å². The highest BCUT2D eigenvalue weighted by atomic mass is 16.5. The number of carbonyl (C=O) groups excluding carboxylic acids is 1. The van der Waals surface area contributed by atoms with Crippen LogP contribution >= 0.6 is 0 Å². The highest BCUT2D eigenvalue weighted by molar-refractivity contribution is 5.92. The first-order valence-electron chi connectivity index (χ1n) is 8.22. The Morgan fingerprint density at radius 1 is 0.962 bits per heavy atom. The molecular formula is C21H20N2O3. The van der Waals surface area contributed by atoms with Gasteiger partial charge in [-0.25, -0.2) is 4.98 Å². The third kappa shape index (κ3) is 4.19. The van der Waals surface area contributed by atoms with Crippen molar-refractivity contribution in [1.29, 1.82) is 0 Å². The normalized spacial score (nSPS) is 10.2. The van der Waals surface area contributed by atoms with Crippen LogP contribution in [0.4, 0.5) is 5.82 Å². The minimum Gasteiger partial charge on any atom is -0.497 e. The Labute approximate surface area is 152 Å². The summed E-state index contributed by atoms with van der Waals surface area (Å²) in [7, 11) is 3.16. The summed E-state index contributed by atoms with van der Waals surface area (Å²) in [5.41, 5.74) is 2.87. The number of pyridine rings is 1. The van der Waals surface area contributed by atoms with Crippen molar-refractivity contribution < 1.29 is 14.3 Å². The molecule has 0 unspecified atom stereocenters. The van der Waals surface area contributed by atoms with Crippen LogP contribution in [0.1, 0.15) is 5.56 Å². The van der Waals surface area contributed by atoms with Crippen LogP contribution in [0.5, 0.6) is 11.5 Å². The van der Waals surface area contributed by atoms with Crippen molar-refractivity contribution in [2.24, 2.45) is 0 Å². The fourth-order valence-corrected chi connectivity index (χ4v) is 2.63. The molecule has 3 rings (SSSR count). The summed E-state index contributed by atoms with van der Waals surface area (Å²) in [5, 5.41) is 2.81. The van der Waals surface area contributed by atoms with Gasteiger partial charge in [0, 0.05) is 23.4 Å². The van der Waals surface area contributed by atoms with E-state index < -0.39 is 0 Å². The first kappa shape index (κ1) is 17.5. The number of nitrogens with one attached hydrogen (secondary N) is 1. The number of methoxy groups -OCH3 is 2. The van der Waals surface area contributed by atoms with Crippen molar-refractivity contribution >= 4 is 11.7 Å². The fourth-order valence-electron chi connectivity index (χ4n) is 2.63. The highest BCUT2D eigenvalue weighted by Crippen LogP contribution is 2.25. The van der Waals surface area contributed by atoms with Gasteiger partial charge in [-0.2, -0.15) is 0 Å². The molecule has 132 valence electrons. The van der Waals surface area contributed by atoms with Crippen molar-refractivity contribution in [3.8, 4) is 22.6 Å². The smallest absolute Gasteiger partial charge is 0.230 e. The van der Waals surface area contributed by atoms with E-state index in [9.17, 15) is 4.79 Å². The molecule has 2 aromatic carbocycles. The number of aromatic nitrogens is 1. The van der Waals surface area contributed by atoms with Gasteiger partial charge in [0.25, 0.3) is 0 Å². The lowest BCUT2D eigenvalue weighted by molar-refractivity contribution is -0.115. The number of nitrogens with zero attached hydrogens (tertiary/aromatic N) is 1. The van der Waals surface area contributed by atoms with Gasteiger partial charge in [0.2, 0.25) is 5.91 Å². The molecule has 0 radical (unpaired) electrons. The molecule has 0 aliphatic carbocycles. The van der Waals surface area contributed by atoms with E-state index in [2.05, 4.69) is 10.3 Å². The van der Waals surface area contributed by atoms with E-state index in [1.807, 2.05) is 42.5 Å². The van der Waals surface area contributed by atoms with Crippen LogP contribution in [0.25, 0.3) is 11.1 Å². The van der Waals surface area contributed by atoms with Gasteiger partial charge in [-0.1, -0.05) is 36.4 Å². The Morgan fingerprint density at radius 3 is 2.42 bits per heavy atom. The summed E-state index contributed by atoms with van der Waals surface area (Å²) in [6.07, 6.45) is 1.94. The number of hydrogen-bond acceptors (Lipinski definition) is 4. The summed E-state index contributed by atoms with van der Waals surface area (Å²) in [6.45, 7) is 0. The molecule has 0 aliphatic heterocycles. The van der Waals surface area contributed by atoms with Crippen LogP contribution < -0.4 is 14.8 Å². The van der Waals surface area contributed by atoms with Crippen molar-refractivity contribution in [2.45, 2.75) is 6.42 Å². The average Bonchev–Trinajstić information content (AvgIpc) is 2.69. The predicted molar refractivity (Wildman–Crippen MR) is 102 cm³/mol. The Balaban J connectivity index is 1.67. The second kappa shape index (κ2) is 8.16. The van der Waals surface area contributed by atoms with Gasteiger partial charge < -0.3 is 14.8 Å². The first-order chi connectivity index (χ1) is 12.7. The lowest BCUT2D eigenvalue weighted by Crippen LogP contribution is -2.15. The van der Waals surface area contributed by atoms with Crippen LogP contribution in [-0.2, 0) is 11.2 Å². The number of rotatable bonds is 6. The fraction of sp³-hybridized carbons (Fsp3) is 0.143. The summed E-state index contributed by atoms with van der Waals surface area (Å²) >= 11 is 0. The van der Waals surface area contributed by atoms with E-state index in [-0.39, 0.29) is 12.3 Å². The lowest BCUT2D eigenvalue weighted by atomic mass is 10.1. The van der Waals surface area contributed by atoms with Crippen LogP contribution in [0.3, 0.4) is 0 Å². The second-order valence-electron chi connectivity index (χ2n) is 5.70. The van der Waals surface area contributed by atoms with E-state index >= 15 is 0 Å². The topological polar surface area (TPSA) is 60.5 Å². The van der Waals surface area contributed by atoms with Gasteiger partial charge >= 0.3 is 0 Å². The van der Waals surface area contributed by atoms with Crippen LogP contribution in [-0.4, -0.2) is 25.1 Å². The van der Waals surface area contributed by atoms with Gasteiger partial charge in [0.15, 0.2) is 0 Å². The van der Waals surface area contributed by atoms with E-state index in [1.165, 1.54) is 0 Å². The first-order valence-corrected chi connectivity index (χ1v) is 8.22. The maximum atomic E-state index is 12.3. The number of ether oxygens (including phenoxy) is 2. The Bertz CT molecular complexity index is 878. The monoisotopic (exact) mass is 348 g/mol. The molecule has 0 saturated heterocycles. The second-order valence-corrected chi connectivity index (χ2v) is 5.70. The van der Waals surface area contributed by atoms with Crippen molar-refractivity contribution in [2.75, 3.05) is 19.5 Å². The van der Waals surface area contributed by atoms with E-state index in [0.29, 0.717) is 17.3 Å². The molecule has 0 spiro atoms. The highest BCUT2D eigenvalue weighted by Gasteiger charge is 2.11. The Kier molecular flexibility index (Phi) is 5.49. The van der Waals surface area contributed by atoms with Crippen molar-refractivity contribution in [3.63, 3.8) is 0 Å². The number of hydrogen-bond donors (Lipinski definition) is 1. The minimum absolute atomic E-state index is 0.159. The van der Waals surface area contributed by atoms with Gasteiger partial charge in [-0.05, 0) is 23.8 Å². The van der Waals surface area contributed by atoms with Gasteiger partial charge in [0.05, 0.1) is 20.6 Å². The number of amides is 1. The molecule has 3 aromatic rings. The minimum atomic E-state index is -0.159. The number of anilines is 1. The molecule has 0 fully saturated rings. The maximum Gasteiger partial charge on any atom is 0.230 e. The standard InChI is InChI=1S/C21H20N2O3/c1-25-18-10-8-16(19(13-18)26-2)12-21(24)23-20-11-9-17(14-22-20)15-6-4-3-5-7-15/h3-11,13-14H,12H2,1-2H3,(H,22,23,24). The molecule has 0 aliphatic rings. The van der Waals surface area contributed by atoms with E-state index in [1.54, 1.807) is 38.6 Å². The third-order valence-electron chi connectivity index (χ3n) is 3.98. The zero-order chi connectivity index (χ0) is 18.4. The Morgan fingerprint density at radius 2 is 1.77 bits per heavy atom. The van der Waals surface area contributed by atoms with E-state index in [0.717, 1.165) is 16.7 Å². The molecule has 0 atom stereocenters. The van der Waals surface area contributed by atoms with Crippen LogP contribution in [0, 0.1) is 0 Å². The van der Waals surface area contributed by atoms with Crippen LogP contribution in [0.2, 0.25) is 0 Å². The maximum absolute atomic E-state index is 12.3. The molecular weight excluding hydrogens is 328 g/mol. The largest absolute Gasteiger partial charge is 0.497 e. The lowest BCUT2D eigenvalue weighted by Gasteiger charge is -2.10. The molecule has 1 aromatic heterocycles. The molecule has 1 heterocycles. The SMILES string of the molecule is COc1ccc(CC(=O)Nc2ccc(-c3ccccc3)cn2)c(OC)c1. The summed E-state index contributed by atoms with van der Waals surface area (Å²) < 4.78 is 10.5. The Hall–Kier alpha value is -3.34. The van der Waals surface area contributed by atoms with E-state index in [4.69, 9.17) is 9.47 Å². The van der Waals surface area contributed by atoms with Gasteiger partial charge in [-0.15, -0.1) is 0 Å². The molecule has 5 heteroatoms. The molecule has 26 heavy (non-hydrogen) atoms.